The van der Waals surface area contributed by atoms with E-state index in [0.717, 1.165) is 0 Å². The molecule has 0 amide bonds. The number of hydrogen-bond donors (Lipinski definition) is 0. The van der Waals surface area contributed by atoms with Crippen LogP contribution in [-0.4, -0.2) is 11.4 Å². The lowest BCUT2D eigenvalue weighted by Gasteiger charge is -1.79. The number of hydrogen-bond acceptors (Lipinski definition) is 1. The normalized spacial score (nSPS) is 7.12. The minimum Gasteiger partial charge on any atom is -0.357 e. The van der Waals surface area contributed by atoms with Gasteiger partial charge in [-0.15, -0.1) is 0 Å². The van der Waals surface area contributed by atoms with Gasteiger partial charge in [-0.1, -0.05) is 0 Å². The number of nitrogens with zero attached hydrogens (tertiary/aromatic N) is 1. The van der Waals surface area contributed by atoms with Gasteiger partial charge < -0.3 is 9.36 Å². The fourth-order valence-corrected chi connectivity index (χ4v) is 0.421. The Morgan fingerprint density at radius 2 is 1.62 bits per heavy atom. The van der Waals surface area contributed by atoms with Crippen LogP contribution in [0, 0.1) is 0 Å². The van der Waals surface area contributed by atoms with Crippen LogP contribution in [0.1, 0.15) is 0 Å². The Labute approximate surface area is 48.7 Å². The van der Waals surface area contributed by atoms with Crippen molar-refractivity contribution in [3.63, 3.8) is 0 Å². The molecule has 0 aliphatic heterocycles. The van der Waals surface area contributed by atoms with Crippen molar-refractivity contribution in [3.05, 3.63) is 24.5 Å². The van der Waals surface area contributed by atoms with Gasteiger partial charge in [0.15, 0.2) is 0 Å². The molecule has 0 saturated carbocycles. The molecule has 1 heterocycles. The van der Waals surface area contributed by atoms with Crippen LogP contribution in [0.4, 0.5) is 0 Å². The highest BCUT2D eigenvalue weighted by atomic mass is 16.1. The molecule has 1 aromatic heterocycles. The van der Waals surface area contributed by atoms with Crippen molar-refractivity contribution < 1.29 is 4.79 Å². The topological polar surface area (TPSA) is 22.0 Å². The highest BCUT2D eigenvalue weighted by molar-refractivity contribution is 5.10. The monoisotopic (exact) mass is 111 g/mol. The predicted molar refractivity (Wildman–Crippen MR) is 32.5 cm³/mol. The van der Waals surface area contributed by atoms with Gasteiger partial charge in [-0.25, -0.2) is 0 Å². The first-order valence-corrected chi connectivity index (χ1v) is 2.25. The molecule has 0 spiro atoms. The summed E-state index contributed by atoms with van der Waals surface area (Å²) in [5.41, 5.74) is 0. The molecule has 8 heavy (non-hydrogen) atoms. The van der Waals surface area contributed by atoms with Crippen molar-refractivity contribution in [2.24, 2.45) is 7.05 Å². The van der Waals surface area contributed by atoms with Gasteiger partial charge in [0.1, 0.15) is 6.79 Å². The maximum atomic E-state index is 8.00. The lowest BCUT2D eigenvalue weighted by molar-refractivity contribution is -0.0979. The fourth-order valence-electron chi connectivity index (χ4n) is 0.421. The lowest BCUT2D eigenvalue weighted by Crippen LogP contribution is -1.75. The van der Waals surface area contributed by atoms with Gasteiger partial charge in [0.05, 0.1) is 0 Å². The van der Waals surface area contributed by atoms with Gasteiger partial charge in [-0.3, -0.25) is 0 Å². The van der Waals surface area contributed by atoms with E-state index in [1.165, 1.54) is 0 Å². The molecule has 0 saturated heterocycles. The molecule has 0 aliphatic carbocycles. The SMILES string of the molecule is C=O.Cn1cccc1. The third kappa shape index (κ3) is 2.18. The maximum absolute atomic E-state index is 8.00. The first-order chi connectivity index (χ1) is 3.89. The first-order valence-electron chi connectivity index (χ1n) is 2.25. The first kappa shape index (κ1) is 6.95. The molecule has 1 aromatic rings. The zero-order valence-corrected chi connectivity index (χ0v) is 4.87. The molecular weight excluding hydrogens is 102 g/mol. The largest absolute Gasteiger partial charge is 0.357 e. The molecule has 1 rings (SSSR count). The van der Waals surface area contributed by atoms with Crippen LogP contribution in [0.3, 0.4) is 0 Å². The summed E-state index contributed by atoms with van der Waals surface area (Å²) in [5.74, 6) is 0. The van der Waals surface area contributed by atoms with E-state index in [2.05, 4.69) is 0 Å². The Bertz CT molecular complexity index is 123. The Morgan fingerprint density at radius 3 is 1.75 bits per heavy atom. The summed E-state index contributed by atoms with van der Waals surface area (Å²) in [6.07, 6.45) is 4.00. The molecule has 0 atom stereocenters. The van der Waals surface area contributed by atoms with Crippen molar-refractivity contribution in [1.82, 2.24) is 4.57 Å². The minimum absolute atomic E-state index is 2.00. The number of rotatable bonds is 0. The van der Waals surface area contributed by atoms with Gasteiger partial charge >= 0.3 is 0 Å². The van der Waals surface area contributed by atoms with Crippen LogP contribution in [-0.2, 0) is 11.8 Å². The van der Waals surface area contributed by atoms with Gasteiger partial charge in [0, 0.05) is 19.4 Å². The second-order valence-corrected chi connectivity index (χ2v) is 1.35. The molecule has 0 radical (unpaired) electrons. The van der Waals surface area contributed by atoms with E-state index in [9.17, 15) is 0 Å². The van der Waals surface area contributed by atoms with Gasteiger partial charge in [0.25, 0.3) is 0 Å². The van der Waals surface area contributed by atoms with Crippen LogP contribution in [0.2, 0.25) is 0 Å². The summed E-state index contributed by atoms with van der Waals surface area (Å²) < 4.78 is 2.00. The second kappa shape index (κ2) is 4.12. The van der Waals surface area contributed by atoms with E-state index in [-0.39, 0.29) is 0 Å². The van der Waals surface area contributed by atoms with Crippen LogP contribution < -0.4 is 0 Å². The number of carbonyl (C=O) groups excluding carboxylic acids is 1. The summed E-state index contributed by atoms with van der Waals surface area (Å²) in [6, 6.07) is 4.00. The van der Waals surface area contributed by atoms with E-state index in [1.54, 1.807) is 0 Å². The standard InChI is InChI=1S/C5H7N.CH2O/c1-6-4-2-3-5-6;1-2/h2-5H,1H3;1H2. The van der Waals surface area contributed by atoms with Crippen molar-refractivity contribution >= 4 is 6.79 Å². The quantitative estimate of drug-likeness (QED) is 0.486. The Hall–Kier alpha value is -1.05. The van der Waals surface area contributed by atoms with Gasteiger partial charge in [-0.2, -0.15) is 0 Å². The predicted octanol–water partition coefficient (Wildman–Crippen LogP) is 0.840. The molecule has 0 aliphatic rings. The fraction of sp³-hybridized carbons (Fsp3) is 0.167. The highest BCUT2D eigenvalue weighted by Gasteiger charge is 1.68. The summed E-state index contributed by atoms with van der Waals surface area (Å²) >= 11 is 0. The third-order valence-electron chi connectivity index (χ3n) is 0.754. The molecule has 2 heteroatoms. The smallest absolute Gasteiger partial charge is 0.106 e. The summed E-state index contributed by atoms with van der Waals surface area (Å²) in [5, 5.41) is 0. The van der Waals surface area contributed by atoms with E-state index in [4.69, 9.17) is 4.79 Å². The van der Waals surface area contributed by atoms with Crippen LogP contribution in [0.15, 0.2) is 24.5 Å². The third-order valence-corrected chi connectivity index (χ3v) is 0.754. The zero-order valence-electron chi connectivity index (χ0n) is 4.87. The minimum atomic E-state index is 2.00. The zero-order chi connectivity index (χ0) is 6.41. The lowest BCUT2D eigenvalue weighted by atomic mass is 10.7. The molecule has 0 aromatic carbocycles. The van der Waals surface area contributed by atoms with Crippen LogP contribution in [0.25, 0.3) is 0 Å². The maximum Gasteiger partial charge on any atom is 0.106 e. The molecule has 44 valence electrons. The molecule has 0 N–H and O–H groups in total. The number of carbonyl (C=O) groups is 1. The highest BCUT2D eigenvalue weighted by Crippen LogP contribution is 1.80. The average molecular weight is 111 g/mol. The molecule has 0 unspecified atom stereocenters. The average Bonchev–Trinajstić information content (AvgIpc) is 2.24. The molecule has 2 nitrogen and oxygen atoms in total. The summed E-state index contributed by atoms with van der Waals surface area (Å²) in [6.45, 7) is 2.00. The van der Waals surface area contributed by atoms with Gasteiger partial charge in [0.2, 0.25) is 0 Å². The summed E-state index contributed by atoms with van der Waals surface area (Å²) in [7, 11) is 2.00. The Morgan fingerprint density at radius 1 is 1.25 bits per heavy atom. The van der Waals surface area contributed by atoms with E-state index >= 15 is 0 Å². The van der Waals surface area contributed by atoms with Crippen molar-refractivity contribution in [3.8, 4) is 0 Å². The number of aromatic nitrogens is 1. The van der Waals surface area contributed by atoms with Crippen molar-refractivity contribution in [2.45, 2.75) is 0 Å². The Balaban J connectivity index is 0.000000222. The van der Waals surface area contributed by atoms with Crippen LogP contribution >= 0.6 is 0 Å². The van der Waals surface area contributed by atoms with Crippen molar-refractivity contribution in [1.29, 1.82) is 0 Å². The van der Waals surface area contributed by atoms with E-state index in [1.807, 2.05) is 42.9 Å². The molecule has 0 fully saturated rings. The van der Waals surface area contributed by atoms with Gasteiger partial charge in [-0.05, 0) is 12.1 Å². The Kier molecular flexibility index (Phi) is 3.58. The van der Waals surface area contributed by atoms with Crippen molar-refractivity contribution in [2.75, 3.05) is 0 Å². The second-order valence-electron chi connectivity index (χ2n) is 1.35. The van der Waals surface area contributed by atoms with E-state index in [0.29, 0.717) is 0 Å². The van der Waals surface area contributed by atoms with Crippen LogP contribution in [0.5, 0.6) is 0 Å². The number of aryl methyl sites for hydroxylation is 1. The molecular formula is C6H9NO. The summed E-state index contributed by atoms with van der Waals surface area (Å²) in [4.78, 5) is 8.00. The van der Waals surface area contributed by atoms with E-state index < -0.39 is 0 Å². The molecule has 0 bridgehead atoms.